The second-order valence-electron chi connectivity index (χ2n) is 7.74. The minimum absolute atomic E-state index is 0.00511. The average molecular weight is 435 g/mol. The molecule has 166 valence electrons. The predicted octanol–water partition coefficient (Wildman–Crippen LogP) is 4.11. The minimum atomic E-state index is -4.30. The molecule has 1 atom stereocenters. The maximum Gasteiger partial charge on any atom is 0.392 e. The van der Waals surface area contributed by atoms with Crippen molar-refractivity contribution in [3.63, 3.8) is 0 Å². The standard InChI is InChI=1S/C22H24F3N3O3/c1-13-10-16(11-27-20(13)31-9-7-22(23,24)25)14(2)28-12-18(19(29)15-4-5-15)17(21(28)30)6-8-26-3/h6,8,10-11,14-15H,3-5,7,9,12H2,1-2H3/b8-6-. The van der Waals surface area contributed by atoms with Crippen molar-refractivity contribution >= 4 is 18.4 Å². The summed E-state index contributed by atoms with van der Waals surface area (Å²) in [7, 11) is 0. The van der Waals surface area contributed by atoms with Gasteiger partial charge in [-0.1, -0.05) is 0 Å². The molecule has 9 heteroatoms. The van der Waals surface area contributed by atoms with Gasteiger partial charge in [0.2, 0.25) is 5.88 Å². The number of alkyl halides is 3. The average Bonchev–Trinajstić information content (AvgIpc) is 3.50. The van der Waals surface area contributed by atoms with Crippen LogP contribution in [0, 0.1) is 12.8 Å². The van der Waals surface area contributed by atoms with Gasteiger partial charge in [0.25, 0.3) is 5.91 Å². The Kier molecular flexibility index (Phi) is 6.62. The number of pyridine rings is 1. The number of carbonyl (C=O) groups excluding carboxylic acids is 2. The number of amides is 1. The lowest BCUT2D eigenvalue weighted by Gasteiger charge is -2.25. The summed E-state index contributed by atoms with van der Waals surface area (Å²) in [6, 6.07) is 1.34. The molecule has 0 spiro atoms. The minimum Gasteiger partial charge on any atom is -0.477 e. The highest BCUT2D eigenvalue weighted by Gasteiger charge is 2.40. The lowest BCUT2D eigenvalue weighted by Crippen LogP contribution is -2.30. The van der Waals surface area contributed by atoms with Crippen molar-refractivity contribution < 1.29 is 27.5 Å². The number of carbonyl (C=O) groups is 2. The smallest absolute Gasteiger partial charge is 0.392 e. The van der Waals surface area contributed by atoms with E-state index in [1.807, 2.05) is 6.92 Å². The van der Waals surface area contributed by atoms with Crippen molar-refractivity contribution in [3.8, 4) is 5.88 Å². The second-order valence-corrected chi connectivity index (χ2v) is 7.74. The Morgan fingerprint density at radius 2 is 2.16 bits per heavy atom. The van der Waals surface area contributed by atoms with Crippen LogP contribution in [0.25, 0.3) is 0 Å². The van der Waals surface area contributed by atoms with Crippen molar-refractivity contribution in [2.45, 2.75) is 45.3 Å². The molecule has 2 aliphatic rings. The molecule has 0 N–H and O–H groups in total. The first kappa shape index (κ1) is 22.7. The Morgan fingerprint density at radius 1 is 1.45 bits per heavy atom. The largest absolute Gasteiger partial charge is 0.477 e. The van der Waals surface area contributed by atoms with Crippen LogP contribution in [0.1, 0.15) is 43.4 Å². The Bertz CT molecular complexity index is 949. The number of halogens is 3. The molecular formula is C22H24F3N3O3. The summed E-state index contributed by atoms with van der Waals surface area (Å²) in [6.45, 7) is 6.54. The first-order valence-electron chi connectivity index (χ1n) is 9.99. The van der Waals surface area contributed by atoms with E-state index >= 15 is 0 Å². The van der Waals surface area contributed by atoms with E-state index in [1.165, 1.54) is 18.5 Å². The number of aryl methyl sites for hydroxylation is 1. The first-order chi connectivity index (χ1) is 14.6. The molecule has 3 rings (SSSR count). The zero-order chi connectivity index (χ0) is 22.8. The summed E-state index contributed by atoms with van der Waals surface area (Å²) >= 11 is 0. The molecule has 1 amide bonds. The van der Waals surface area contributed by atoms with Crippen LogP contribution in [0.2, 0.25) is 0 Å². The van der Waals surface area contributed by atoms with Crippen LogP contribution in [0.15, 0.2) is 40.7 Å². The van der Waals surface area contributed by atoms with Crippen LogP contribution >= 0.6 is 0 Å². The first-order valence-corrected chi connectivity index (χ1v) is 9.99. The highest BCUT2D eigenvalue weighted by Crippen LogP contribution is 2.37. The monoisotopic (exact) mass is 435 g/mol. The van der Waals surface area contributed by atoms with Gasteiger partial charge in [-0.15, -0.1) is 0 Å². The van der Waals surface area contributed by atoms with Crippen molar-refractivity contribution in [3.05, 3.63) is 46.8 Å². The lowest BCUT2D eigenvalue weighted by atomic mass is 10.0. The highest BCUT2D eigenvalue weighted by molar-refractivity contribution is 6.12. The van der Waals surface area contributed by atoms with Gasteiger partial charge >= 0.3 is 6.18 Å². The quantitative estimate of drug-likeness (QED) is 0.547. The van der Waals surface area contributed by atoms with Gasteiger partial charge in [0.15, 0.2) is 5.78 Å². The molecule has 31 heavy (non-hydrogen) atoms. The molecule has 1 saturated carbocycles. The Labute approximate surface area is 178 Å². The van der Waals surface area contributed by atoms with Gasteiger partial charge in [-0.05, 0) is 51.1 Å². The molecule has 0 radical (unpaired) electrons. The van der Waals surface area contributed by atoms with E-state index in [2.05, 4.69) is 16.7 Å². The zero-order valence-corrected chi connectivity index (χ0v) is 17.4. The van der Waals surface area contributed by atoms with Gasteiger partial charge in [-0.2, -0.15) is 13.2 Å². The predicted molar refractivity (Wildman–Crippen MR) is 109 cm³/mol. The number of aliphatic imine (C=N–C) groups is 1. The fourth-order valence-corrected chi connectivity index (χ4v) is 3.43. The Hall–Kier alpha value is -2.97. The van der Waals surface area contributed by atoms with Gasteiger partial charge in [-0.3, -0.25) is 14.6 Å². The number of rotatable bonds is 9. The van der Waals surface area contributed by atoms with E-state index in [-0.39, 0.29) is 30.0 Å². The van der Waals surface area contributed by atoms with Crippen LogP contribution in [-0.2, 0) is 9.59 Å². The highest BCUT2D eigenvalue weighted by atomic mass is 19.4. The summed E-state index contributed by atoms with van der Waals surface area (Å²) < 4.78 is 42.1. The van der Waals surface area contributed by atoms with Crippen LogP contribution in [0.4, 0.5) is 13.2 Å². The fourth-order valence-electron chi connectivity index (χ4n) is 3.43. The van der Waals surface area contributed by atoms with E-state index in [1.54, 1.807) is 17.9 Å². The Balaban J connectivity index is 1.75. The molecule has 1 aliphatic heterocycles. The molecule has 1 aliphatic carbocycles. The molecule has 1 aromatic heterocycles. The number of hydrogen-bond acceptors (Lipinski definition) is 5. The molecule has 1 fully saturated rings. The molecule has 1 unspecified atom stereocenters. The van der Waals surface area contributed by atoms with Gasteiger partial charge in [-0.25, -0.2) is 4.98 Å². The van der Waals surface area contributed by atoms with E-state index in [4.69, 9.17) is 4.74 Å². The summed E-state index contributed by atoms with van der Waals surface area (Å²) in [4.78, 5) is 35.0. The number of Topliss-reactive ketones (excluding diaryl/α,β-unsaturated/α-hetero) is 1. The van der Waals surface area contributed by atoms with E-state index in [0.29, 0.717) is 22.3 Å². The van der Waals surface area contributed by atoms with Crippen LogP contribution < -0.4 is 4.74 Å². The van der Waals surface area contributed by atoms with E-state index in [0.717, 1.165) is 12.8 Å². The number of aromatic nitrogens is 1. The van der Waals surface area contributed by atoms with Crippen molar-refractivity contribution in [2.75, 3.05) is 13.2 Å². The van der Waals surface area contributed by atoms with Gasteiger partial charge in [0.1, 0.15) is 0 Å². The molecular weight excluding hydrogens is 411 g/mol. The molecule has 1 aromatic rings. The number of hydrogen-bond donors (Lipinski definition) is 0. The van der Waals surface area contributed by atoms with Crippen molar-refractivity contribution in [1.29, 1.82) is 0 Å². The Morgan fingerprint density at radius 3 is 2.74 bits per heavy atom. The fraction of sp³-hybridized carbons (Fsp3) is 0.455. The molecule has 6 nitrogen and oxygen atoms in total. The number of nitrogens with zero attached hydrogens (tertiary/aromatic N) is 3. The SMILES string of the molecule is C=N/C=C\C1=C(C(=O)C2CC2)CN(C(C)c2cnc(OCCC(F)(F)F)c(C)c2)C1=O. The maximum atomic E-state index is 13.0. The molecule has 2 heterocycles. The number of ether oxygens (including phenoxy) is 1. The topological polar surface area (TPSA) is 71.9 Å². The van der Waals surface area contributed by atoms with Crippen molar-refractivity contribution in [1.82, 2.24) is 9.88 Å². The van der Waals surface area contributed by atoms with Crippen LogP contribution in [0.3, 0.4) is 0 Å². The van der Waals surface area contributed by atoms with Crippen molar-refractivity contribution in [2.24, 2.45) is 10.9 Å². The van der Waals surface area contributed by atoms with Gasteiger partial charge < -0.3 is 9.64 Å². The lowest BCUT2D eigenvalue weighted by molar-refractivity contribution is -0.139. The molecule has 0 bridgehead atoms. The zero-order valence-electron chi connectivity index (χ0n) is 17.4. The second kappa shape index (κ2) is 9.03. The third-order valence-electron chi connectivity index (χ3n) is 5.36. The summed E-state index contributed by atoms with van der Waals surface area (Å²) in [5, 5.41) is 0. The molecule has 0 saturated heterocycles. The summed E-state index contributed by atoms with van der Waals surface area (Å²) in [5.41, 5.74) is 2.07. The maximum absolute atomic E-state index is 13.0. The normalized spacial score (nSPS) is 18.1. The number of ketones is 1. The molecule has 0 aromatic carbocycles. The van der Waals surface area contributed by atoms with Crippen LogP contribution in [0.5, 0.6) is 5.88 Å². The third-order valence-corrected chi connectivity index (χ3v) is 5.36. The van der Waals surface area contributed by atoms with Gasteiger partial charge in [0, 0.05) is 35.0 Å². The van der Waals surface area contributed by atoms with E-state index in [9.17, 15) is 22.8 Å². The van der Waals surface area contributed by atoms with E-state index < -0.39 is 25.2 Å². The van der Waals surface area contributed by atoms with Gasteiger partial charge in [0.05, 0.1) is 25.6 Å². The van der Waals surface area contributed by atoms with Crippen LogP contribution in [-0.4, -0.2) is 47.6 Å². The summed E-state index contributed by atoms with van der Waals surface area (Å²) in [5.74, 6) is -0.180. The summed E-state index contributed by atoms with van der Waals surface area (Å²) in [6.07, 6.45) is 0.695. The third kappa shape index (κ3) is 5.39.